The van der Waals surface area contributed by atoms with E-state index in [0.717, 1.165) is 64.2 Å². The summed E-state index contributed by atoms with van der Waals surface area (Å²) in [6.07, 6.45) is 15.4. The minimum Gasteiger partial charge on any atom is -0.550 e. The quantitative estimate of drug-likeness (QED) is 0.178. The second kappa shape index (κ2) is 38.3. The van der Waals surface area contributed by atoms with Gasteiger partial charge in [0, 0.05) is 24.5 Å². The molecule has 0 aromatic heterocycles. The smallest absolute Gasteiger partial charge is 0.550 e. The Morgan fingerprint density at radius 1 is 0.500 bits per heavy atom. The molecule has 8 heteroatoms. The molecule has 0 saturated heterocycles. The Balaban J connectivity index is -0.000000135. The summed E-state index contributed by atoms with van der Waals surface area (Å²) in [5, 5.41) is 39.7. The molecule has 0 heterocycles. The van der Waals surface area contributed by atoms with Gasteiger partial charge in [-0.2, -0.15) is 0 Å². The summed E-state index contributed by atoms with van der Waals surface area (Å²) in [5.74, 6) is -2.78. The van der Waals surface area contributed by atoms with Crippen LogP contribution in [0.2, 0.25) is 0 Å². The molecule has 0 amide bonds. The molecule has 0 aliphatic carbocycles. The normalized spacial score (nSPS) is 12.8. The van der Waals surface area contributed by atoms with Gasteiger partial charge in [0.2, 0.25) is 0 Å². The summed E-state index contributed by atoms with van der Waals surface area (Å²) in [7, 11) is 0. The number of aliphatic carboxylic acids is 3. The number of unbranched alkanes of at least 4 members (excludes halogenated alkanes) is 4. The van der Waals surface area contributed by atoms with Crippen molar-refractivity contribution < 1.29 is 34.8 Å². The van der Waals surface area contributed by atoms with E-state index >= 15 is 0 Å². The van der Waals surface area contributed by atoms with Gasteiger partial charge in [0.05, 0.1) is 0 Å². The first-order valence-corrected chi connectivity index (χ1v) is 15.7. The molecule has 0 aromatic rings. The average molecular weight is 769 g/mol. The molecule has 4 atom stereocenters. The predicted molar refractivity (Wildman–Crippen MR) is 161 cm³/mol. The zero-order valence-corrected chi connectivity index (χ0v) is 30.7. The molecule has 0 rings (SSSR count). The van der Waals surface area contributed by atoms with E-state index in [0.29, 0.717) is 31.8 Å². The van der Waals surface area contributed by atoms with Crippen molar-refractivity contribution >= 4 is 44.1 Å². The number of carbonyl (C=O) groups is 3. The zero-order chi connectivity index (χ0) is 31.1. The molecule has 0 fully saturated rings. The molecule has 0 aromatic carbocycles. The Kier molecular flexibility index (Phi) is 46.8. The summed E-state index contributed by atoms with van der Waals surface area (Å²) in [4.78, 5) is 31.0. The Morgan fingerprint density at radius 3 is 0.900 bits per heavy atom. The SMILES string of the molecule is CCCCC(CC)C(=O)[O-].CCCCC(CC)C(=O)[O-].CCCCC(CC)C(=O)[O-].CCCCC(CC)CO.[Bi+3]. The number of rotatable bonds is 20. The third-order valence-electron chi connectivity index (χ3n) is 7.00. The van der Waals surface area contributed by atoms with Crippen molar-refractivity contribution in [2.45, 2.75) is 158 Å². The van der Waals surface area contributed by atoms with E-state index < -0.39 is 17.9 Å². The van der Waals surface area contributed by atoms with Crippen molar-refractivity contribution in [2.24, 2.45) is 23.7 Å². The molecular formula is C32H63BiO7. The van der Waals surface area contributed by atoms with Gasteiger partial charge in [-0.05, 0) is 68.6 Å². The Bertz CT molecular complexity index is 478. The number of carboxylic acids is 3. The van der Waals surface area contributed by atoms with Crippen LogP contribution in [-0.2, 0) is 14.4 Å². The first kappa shape index (κ1) is 49.0. The molecule has 0 aliphatic heterocycles. The predicted octanol–water partition coefficient (Wildman–Crippen LogP) is 4.67. The van der Waals surface area contributed by atoms with E-state index in [-0.39, 0.29) is 44.0 Å². The van der Waals surface area contributed by atoms with Crippen molar-refractivity contribution in [1.82, 2.24) is 0 Å². The maximum atomic E-state index is 10.3. The van der Waals surface area contributed by atoms with Crippen molar-refractivity contribution in [3.8, 4) is 0 Å². The van der Waals surface area contributed by atoms with Crippen LogP contribution in [0.25, 0.3) is 0 Å². The van der Waals surface area contributed by atoms with Crippen LogP contribution in [0.4, 0.5) is 0 Å². The van der Waals surface area contributed by atoms with Gasteiger partial charge in [-0.15, -0.1) is 0 Å². The van der Waals surface area contributed by atoms with E-state index in [1.165, 1.54) is 19.3 Å². The van der Waals surface area contributed by atoms with Crippen LogP contribution in [0, 0.1) is 23.7 Å². The molecule has 0 saturated carbocycles. The van der Waals surface area contributed by atoms with E-state index in [4.69, 9.17) is 5.11 Å². The molecule has 4 unspecified atom stereocenters. The van der Waals surface area contributed by atoms with Crippen molar-refractivity contribution in [1.29, 1.82) is 0 Å². The van der Waals surface area contributed by atoms with Crippen LogP contribution >= 0.6 is 0 Å². The molecule has 238 valence electrons. The average Bonchev–Trinajstić information content (AvgIpc) is 2.91. The molecule has 7 nitrogen and oxygen atoms in total. The van der Waals surface area contributed by atoms with Gasteiger partial charge in [0.15, 0.2) is 0 Å². The fourth-order valence-electron chi connectivity index (χ4n) is 3.73. The van der Waals surface area contributed by atoms with Crippen molar-refractivity contribution in [3.05, 3.63) is 0 Å². The second-order valence-electron chi connectivity index (χ2n) is 10.3. The van der Waals surface area contributed by atoms with Crippen LogP contribution in [0.3, 0.4) is 0 Å². The monoisotopic (exact) mass is 768 g/mol. The maximum Gasteiger partial charge on any atom is 3.00 e. The Labute approximate surface area is 266 Å². The number of carbonyl (C=O) groups excluding carboxylic acids is 3. The fourth-order valence-corrected chi connectivity index (χ4v) is 3.73. The standard InChI is InChI=1S/3C8H16O2.C8H18O.Bi/c3*1-3-5-6-7(4-2)8(9)10;1-3-5-6-8(4-2)7-9;/h3*7H,3-6H2,1-2H3,(H,9,10);8-9H,3-7H2,1-2H3;/q;;;;+3/p-3. The Morgan fingerprint density at radius 2 is 0.750 bits per heavy atom. The molecule has 0 bridgehead atoms. The first-order valence-electron chi connectivity index (χ1n) is 15.7. The largest absolute Gasteiger partial charge is 3.00 e. The summed E-state index contributed by atoms with van der Waals surface area (Å²) in [5.41, 5.74) is 0. The van der Waals surface area contributed by atoms with Crippen molar-refractivity contribution in [3.63, 3.8) is 0 Å². The summed E-state index contributed by atoms with van der Waals surface area (Å²) < 4.78 is 0. The third kappa shape index (κ3) is 35.3. The number of hydrogen-bond acceptors (Lipinski definition) is 7. The Hall–Kier alpha value is -0.747. The van der Waals surface area contributed by atoms with Crippen LogP contribution in [0.1, 0.15) is 158 Å². The molecule has 40 heavy (non-hydrogen) atoms. The number of aliphatic hydroxyl groups excluding tert-OH is 1. The molecular weight excluding hydrogens is 705 g/mol. The van der Waals surface area contributed by atoms with Crippen LogP contribution in [0.5, 0.6) is 0 Å². The molecule has 0 spiro atoms. The summed E-state index contributed by atoms with van der Waals surface area (Å²) in [6.45, 7) is 16.5. The minimum absolute atomic E-state index is 0. The van der Waals surface area contributed by atoms with Crippen LogP contribution in [0.15, 0.2) is 0 Å². The minimum atomic E-state index is -0.893. The topological polar surface area (TPSA) is 141 Å². The third-order valence-corrected chi connectivity index (χ3v) is 7.00. The van der Waals surface area contributed by atoms with Gasteiger partial charge in [-0.1, -0.05) is 113 Å². The zero-order valence-electron chi connectivity index (χ0n) is 27.2. The fraction of sp³-hybridized carbons (Fsp3) is 0.906. The number of aliphatic hydroxyl groups is 1. The van der Waals surface area contributed by atoms with Gasteiger partial charge >= 0.3 is 26.2 Å². The van der Waals surface area contributed by atoms with Gasteiger partial charge in [-0.3, -0.25) is 0 Å². The number of hydrogen-bond donors (Lipinski definition) is 1. The van der Waals surface area contributed by atoms with Gasteiger partial charge in [0.25, 0.3) is 0 Å². The summed E-state index contributed by atoms with van der Waals surface area (Å²) in [6, 6.07) is 0. The number of carboxylic acid groups (broad SMARTS) is 3. The van der Waals surface area contributed by atoms with Gasteiger partial charge < -0.3 is 34.8 Å². The maximum absolute atomic E-state index is 10.3. The van der Waals surface area contributed by atoms with E-state index in [1.54, 1.807) is 0 Å². The van der Waals surface area contributed by atoms with Gasteiger partial charge in [0.1, 0.15) is 0 Å². The molecule has 0 aliphatic rings. The second-order valence-corrected chi connectivity index (χ2v) is 10.3. The first-order chi connectivity index (χ1) is 18.5. The van der Waals surface area contributed by atoms with E-state index in [9.17, 15) is 29.7 Å². The van der Waals surface area contributed by atoms with Crippen LogP contribution in [-0.4, -0.2) is 55.8 Å². The van der Waals surface area contributed by atoms with E-state index in [1.807, 2.05) is 20.8 Å². The van der Waals surface area contributed by atoms with Crippen molar-refractivity contribution in [2.75, 3.05) is 6.61 Å². The van der Waals surface area contributed by atoms with Gasteiger partial charge in [-0.25, -0.2) is 0 Å². The van der Waals surface area contributed by atoms with Crippen LogP contribution < -0.4 is 15.3 Å². The summed E-state index contributed by atoms with van der Waals surface area (Å²) >= 11 is 0. The molecule has 1 N–H and O–H groups in total. The van der Waals surface area contributed by atoms with E-state index in [2.05, 4.69) is 34.6 Å². The molecule has 2 radical (unpaired) electrons.